The van der Waals surface area contributed by atoms with E-state index in [1.807, 2.05) is 0 Å². The first-order valence-electron chi connectivity index (χ1n) is 4.49. The molecule has 0 saturated carbocycles. The maximum atomic E-state index is 13.2. The largest absolute Gasteiger partial charge is 0.494 e. The van der Waals surface area contributed by atoms with Crippen molar-refractivity contribution in [2.24, 2.45) is 5.73 Å². The van der Waals surface area contributed by atoms with Gasteiger partial charge in [0.1, 0.15) is 0 Å². The van der Waals surface area contributed by atoms with E-state index in [0.29, 0.717) is 12.2 Å². The van der Waals surface area contributed by atoms with E-state index < -0.39 is 11.7 Å². The van der Waals surface area contributed by atoms with E-state index in [2.05, 4.69) is 5.32 Å². The Hall–Kier alpha value is -1.78. The lowest BCUT2D eigenvalue weighted by Crippen LogP contribution is -2.15. The van der Waals surface area contributed by atoms with Crippen LogP contribution < -0.4 is 15.8 Å². The van der Waals surface area contributed by atoms with E-state index in [4.69, 9.17) is 10.5 Å². The fourth-order valence-corrected chi connectivity index (χ4v) is 1.11. The lowest BCUT2D eigenvalue weighted by Gasteiger charge is -2.07. The molecule has 1 aromatic rings. The maximum Gasteiger partial charge on any atom is 0.219 e. The van der Waals surface area contributed by atoms with Crippen LogP contribution in [-0.4, -0.2) is 19.6 Å². The molecule has 0 fully saturated rings. The van der Waals surface area contributed by atoms with Crippen LogP contribution in [0.15, 0.2) is 18.2 Å². The molecule has 1 rings (SSSR count). The van der Waals surface area contributed by atoms with Crippen LogP contribution in [0, 0.1) is 5.82 Å². The predicted octanol–water partition coefficient (Wildman–Crippen LogP) is 1.12. The summed E-state index contributed by atoms with van der Waals surface area (Å²) in [5.41, 5.74) is 5.55. The average Bonchev–Trinajstić information content (AvgIpc) is 2.17. The molecular formula is C10H13FN2O2. The molecule has 1 amide bonds. The summed E-state index contributed by atoms with van der Waals surface area (Å²) in [5, 5.41) is 2.87. The number of primary amides is 1. The van der Waals surface area contributed by atoms with Gasteiger partial charge in [0.2, 0.25) is 5.91 Å². The molecule has 0 aliphatic carbocycles. The van der Waals surface area contributed by atoms with E-state index in [9.17, 15) is 9.18 Å². The summed E-state index contributed by atoms with van der Waals surface area (Å²) in [6, 6.07) is 4.49. The minimum atomic E-state index is -0.443. The van der Waals surface area contributed by atoms with Crippen molar-refractivity contribution >= 4 is 11.6 Å². The zero-order chi connectivity index (χ0) is 11.3. The number of hydrogen-bond donors (Lipinski definition) is 2. The number of nitrogens with two attached hydrogens (primary N) is 1. The summed E-state index contributed by atoms with van der Waals surface area (Å²) >= 11 is 0. The number of carbonyl (C=O) groups excluding carboxylic acids is 1. The molecule has 0 saturated heterocycles. The molecular weight excluding hydrogens is 199 g/mol. The highest BCUT2D eigenvalue weighted by molar-refractivity contribution is 5.74. The van der Waals surface area contributed by atoms with Gasteiger partial charge in [-0.1, -0.05) is 0 Å². The van der Waals surface area contributed by atoms with Crippen molar-refractivity contribution in [3.05, 3.63) is 24.0 Å². The van der Waals surface area contributed by atoms with Crippen molar-refractivity contribution in [2.75, 3.05) is 19.0 Å². The summed E-state index contributed by atoms with van der Waals surface area (Å²) in [7, 11) is 1.40. The van der Waals surface area contributed by atoms with Crippen LogP contribution in [0.3, 0.4) is 0 Å². The molecule has 0 aliphatic rings. The number of benzene rings is 1. The zero-order valence-corrected chi connectivity index (χ0v) is 8.42. The average molecular weight is 212 g/mol. The first kappa shape index (κ1) is 11.3. The second-order valence-electron chi connectivity index (χ2n) is 2.99. The first-order valence-corrected chi connectivity index (χ1v) is 4.49. The van der Waals surface area contributed by atoms with Gasteiger partial charge in [-0.2, -0.15) is 0 Å². The van der Waals surface area contributed by atoms with Gasteiger partial charge in [-0.25, -0.2) is 4.39 Å². The van der Waals surface area contributed by atoms with E-state index in [1.54, 1.807) is 6.07 Å². The second-order valence-corrected chi connectivity index (χ2v) is 2.99. The number of methoxy groups -OCH3 is 1. The lowest BCUT2D eigenvalue weighted by molar-refractivity contribution is -0.117. The van der Waals surface area contributed by atoms with Crippen molar-refractivity contribution < 1.29 is 13.9 Å². The van der Waals surface area contributed by atoms with E-state index >= 15 is 0 Å². The topological polar surface area (TPSA) is 64.3 Å². The predicted molar refractivity (Wildman–Crippen MR) is 55.3 cm³/mol. The van der Waals surface area contributed by atoms with Crippen LogP contribution in [0.1, 0.15) is 6.42 Å². The van der Waals surface area contributed by atoms with E-state index in [0.717, 1.165) is 0 Å². The number of rotatable bonds is 5. The van der Waals surface area contributed by atoms with Crippen LogP contribution in [-0.2, 0) is 4.79 Å². The highest BCUT2D eigenvalue weighted by Gasteiger charge is 2.02. The number of amides is 1. The molecule has 5 heteroatoms. The number of halogens is 1. The third kappa shape index (κ3) is 3.46. The van der Waals surface area contributed by atoms with E-state index in [1.165, 1.54) is 19.2 Å². The van der Waals surface area contributed by atoms with Crippen molar-refractivity contribution in [1.29, 1.82) is 0 Å². The quantitative estimate of drug-likeness (QED) is 0.768. The molecule has 0 atom stereocenters. The molecule has 0 unspecified atom stereocenters. The summed E-state index contributed by atoms with van der Waals surface area (Å²) in [6.45, 7) is 0.390. The zero-order valence-electron chi connectivity index (χ0n) is 8.42. The normalized spacial score (nSPS) is 9.73. The molecule has 0 heterocycles. The Bertz CT molecular complexity index is 355. The van der Waals surface area contributed by atoms with Gasteiger partial charge in [0.15, 0.2) is 11.6 Å². The Morgan fingerprint density at radius 2 is 2.33 bits per heavy atom. The van der Waals surface area contributed by atoms with Gasteiger partial charge in [0.25, 0.3) is 0 Å². The van der Waals surface area contributed by atoms with Gasteiger partial charge in [-0.05, 0) is 12.1 Å². The van der Waals surface area contributed by atoms with Crippen LogP contribution in [0.25, 0.3) is 0 Å². The number of carbonyl (C=O) groups is 1. The van der Waals surface area contributed by atoms with Crippen LogP contribution in [0.4, 0.5) is 10.1 Å². The molecule has 0 spiro atoms. The number of anilines is 1. The highest BCUT2D eigenvalue weighted by atomic mass is 19.1. The highest BCUT2D eigenvalue weighted by Crippen LogP contribution is 2.20. The van der Waals surface area contributed by atoms with Crippen molar-refractivity contribution in [3.63, 3.8) is 0 Å². The Morgan fingerprint density at radius 1 is 1.60 bits per heavy atom. The molecule has 1 aromatic carbocycles. The standard InChI is InChI=1S/C10H13FN2O2/c1-15-9-3-2-7(6-8(9)11)13-5-4-10(12)14/h2-3,6,13H,4-5H2,1H3,(H2,12,14). The molecule has 82 valence electrons. The SMILES string of the molecule is COc1ccc(NCCC(N)=O)cc1F. The number of nitrogens with one attached hydrogen (secondary N) is 1. The third-order valence-corrected chi connectivity index (χ3v) is 1.85. The van der Waals surface area contributed by atoms with Crippen LogP contribution >= 0.6 is 0 Å². The third-order valence-electron chi connectivity index (χ3n) is 1.85. The van der Waals surface area contributed by atoms with Gasteiger partial charge in [0, 0.05) is 24.7 Å². The maximum absolute atomic E-state index is 13.2. The van der Waals surface area contributed by atoms with Gasteiger partial charge in [-0.3, -0.25) is 4.79 Å². The molecule has 0 aromatic heterocycles. The smallest absolute Gasteiger partial charge is 0.219 e. The molecule has 0 bridgehead atoms. The molecule has 0 radical (unpaired) electrons. The first-order chi connectivity index (χ1) is 7.13. The van der Waals surface area contributed by atoms with Gasteiger partial charge >= 0.3 is 0 Å². The minimum Gasteiger partial charge on any atom is -0.494 e. The van der Waals surface area contributed by atoms with Crippen molar-refractivity contribution in [2.45, 2.75) is 6.42 Å². The Kier molecular flexibility index (Phi) is 3.91. The van der Waals surface area contributed by atoms with Gasteiger partial charge < -0.3 is 15.8 Å². The molecule has 15 heavy (non-hydrogen) atoms. The van der Waals surface area contributed by atoms with Crippen molar-refractivity contribution in [3.8, 4) is 5.75 Å². The Morgan fingerprint density at radius 3 is 2.87 bits per heavy atom. The van der Waals surface area contributed by atoms with Crippen LogP contribution in [0.2, 0.25) is 0 Å². The van der Waals surface area contributed by atoms with Crippen LogP contribution in [0.5, 0.6) is 5.75 Å². The summed E-state index contributed by atoms with van der Waals surface area (Å²) in [4.78, 5) is 10.4. The fourth-order valence-electron chi connectivity index (χ4n) is 1.11. The van der Waals surface area contributed by atoms with Gasteiger partial charge in [0.05, 0.1) is 7.11 Å². The van der Waals surface area contributed by atoms with Gasteiger partial charge in [-0.15, -0.1) is 0 Å². The Labute approximate surface area is 87.2 Å². The second kappa shape index (κ2) is 5.19. The molecule has 0 aliphatic heterocycles. The summed E-state index contributed by atoms with van der Waals surface area (Å²) in [5.74, 6) is -0.645. The summed E-state index contributed by atoms with van der Waals surface area (Å²) in [6.07, 6.45) is 0.216. The summed E-state index contributed by atoms with van der Waals surface area (Å²) < 4.78 is 17.9. The molecule has 3 N–H and O–H groups in total. The minimum absolute atomic E-state index is 0.190. The Balaban J connectivity index is 2.55. The monoisotopic (exact) mass is 212 g/mol. The number of hydrogen-bond acceptors (Lipinski definition) is 3. The van der Waals surface area contributed by atoms with Crippen molar-refractivity contribution in [1.82, 2.24) is 0 Å². The number of ether oxygens (including phenoxy) is 1. The fraction of sp³-hybridized carbons (Fsp3) is 0.300. The van der Waals surface area contributed by atoms with E-state index in [-0.39, 0.29) is 12.2 Å². The molecule has 4 nitrogen and oxygen atoms in total. The lowest BCUT2D eigenvalue weighted by atomic mass is 10.3.